The van der Waals surface area contributed by atoms with Gasteiger partial charge in [-0.05, 0) is 128 Å². The van der Waals surface area contributed by atoms with Gasteiger partial charge in [-0.1, -0.05) is 74.0 Å². The zero-order valence-electron chi connectivity index (χ0n) is 28.7. The van der Waals surface area contributed by atoms with E-state index < -0.39 is 16.6 Å². The molecule has 0 aromatic carbocycles. The Morgan fingerprint density at radius 1 is 0.900 bits per heavy atom. The highest BCUT2D eigenvalue weighted by atomic mass is 28.4. The highest BCUT2D eigenvalue weighted by Crippen LogP contribution is 2.67. The molecule has 0 unspecified atom stereocenters. The van der Waals surface area contributed by atoms with Gasteiger partial charge >= 0.3 is 0 Å². The van der Waals surface area contributed by atoms with E-state index in [4.69, 9.17) is 8.85 Å². The van der Waals surface area contributed by atoms with Crippen LogP contribution in [0, 0.1) is 40.4 Å². The van der Waals surface area contributed by atoms with Crippen LogP contribution in [0.4, 0.5) is 0 Å². The first-order chi connectivity index (χ1) is 18.2. The summed E-state index contributed by atoms with van der Waals surface area (Å²) in [5.74, 6) is 3.25. The van der Waals surface area contributed by atoms with Crippen molar-refractivity contribution in [3.8, 4) is 0 Å². The summed E-state index contributed by atoms with van der Waals surface area (Å²) in [4.78, 5) is 0. The molecule has 4 aliphatic carbocycles. The van der Waals surface area contributed by atoms with Crippen molar-refractivity contribution in [1.29, 1.82) is 0 Å². The monoisotopic (exact) mass is 590 g/mol. The third kappa shape index (κ3) is 5.66. The van der Waals surface area contributed by atoms with Gasteiger partial charge in [-0.25, -0.2) is 0 Å². The first-order valence-electron chi connectivity index (χ1n) is 16.8. The average molecular weight is 591 g/mol. The lowest BCUT2D eigenvalue weighted by Gasteiger charge is -2.63. The van der Waals surface area contributed by atoms with Gasteiger partial charge in [0.25, 0.3) is 0 Å². The molecular formula is C35H66O3Si2. The van der Waals surface area contributed by atoms with Crippen molar-refractivity contribution in [1.82, 2.24) is 0 Å². The number of hydrogen-bond acceptors (Lipinski definition) is 3. The topological polar surface area (TPSA) is 38.7 Å². The lowest BCUT2D eigenvalue weighted by Crippen LogP contribution is -2.60. The largest absolute Gasteiger partial charge is 0.414 e. The standard InChI is InChI=1S/C35H66O3Si2/c1-24(18-21-36)27-14-15-28-26-23-31(38-40(12,13)33(5,6)7)30-22-25(37-39(10,11)32(2,3)4)16-19-35(30,9)29(26)17-20-34(27,28)8/h15,24-27,29-31,36H,14,16-23H2,1-13H3/t24-,25-,26+,27-,29+,30-,31+,34-,35-/m1/s1. The van der Waals surface area contributed by atoms with Crippen molar-refractivity contribution < 1.29 is 14.0 Å². The van der Waals surface area contributed by atoms with Gasteiger partial charge in [0.2, 0.25) is 0 Å². The number of aliphatic hydroxyl groups is 1. The van der Waals surface area contributed by atoms with E-state index in [1.807, 2.05) is 0 Å². The molecule has 232 valence electrons. The molecule has 40 heavy (non-hydrogen) atoms. The molecule has 0 aromatic heterocycles. The van der Waals surface area contributed by atoms with E-state index in [0.29, 0.717) is 53.3 Å². The minimum Gasteiger partial charge on any atom is -0.414 e. The van der Waals surface area contributed by atoms with Crippen LogP contribution < -0.4 is 0 Å². The average Bonchev–Trinajstić information content (AvgIpc) is 3.15. The molecule has 4 aliphatic rings. The summed E-state index contributed by atoms with van der Waals surface area (Å²) in [7, 11) is -3.75. The Morgan fingerprint density at radius 3 is 2.08 bits per heavy atom. The molecule has 3 saturated carbocycles. The van der Waals surface area contributed by atoms with Crippen molar-refractivity contribution in [2.24, 2.45) is 40.4 Å². The van der Waals surface area contributed by atoms with Crippen LogP contribution in [0.5, 0.6) is 0 Å². The number of hydrogen-bond donors (Lipinski definition) is 1. The highest BCUT2D eigenvalue weighted by Gasteiger charge is 2.61. The Morgan fingerprint density at radius 2 is 1.50 bits per heavy atom. The number of fused-ring (bicyclic) bond motifs is 5. The van der Waals surface area contributed by atoms with Gasteiger partial charge in [0.05, 0.1) is 0 Å². The number of allylic oxidation sites excluding steroid dienone is 2. The normalized spacial score (nSPS) is 39.7. The second-order valence-electron chi connectivity index (χ2n) is 18.2. The van der Waals surface area contributed by atoms with Gasteiger partial charge in [0, 0.05) is 18.8 Å². The lowest BCUT2D eigenvalue weighted by atomic mass is 9.45. The van der Waals surface area contributed by atoms with Crippen molar-refractivity contribution in [3.05, 3.63) is 11.6 Å². The summed E-state index contributed by atoms with van der Waals surface area (Å²) in [5.41, 5.74) is 2.39. The summed E-state index contributed by atoms with van der Waals surface area (Å²) in [5, 5.41) is 10.2. The van der Waals surface area contributed by atoms with Crippen LogP contribution in [0.2, 0.25) is 36.3 Å². The SMILES string of the molecule is C[C@H](CCO)[C@H]1CC=C2[C@@H]3C[C@H](O[Si](C)(C)C(C)(C)C)[C@H]4C[C@H](O[Si](C)(C)C(C)(C)C)CC[C@]4(C)[C@H]3CC[C@@]21C. The molecule has 1 N–H and O–H groups in total. The van der Waals surface area contributed by atoms with Crippen LogP contribution >= 0.6 is 0 Å². The maximum atomic E-state index is 9.74. The molecule has 9 atom stereocenters. The molecule has 0 spiro atoms. The van der Waals surface area contributed by atoms with Crippen LogP contribution in [0.15, 0.2) is 11.6 Å². The fourth-order valence-electron chi connectivity index (χ4n) is 9.25. The Hall–Kier alpha value is 0.0538. The minimum absolute atomic E-state index is 0.213. The van der Waals surface area contributed by atoms with E-state index in [9.17, 15) is 5.11 Å². The molecule has 4 rings (SSSR count). The van der Waals surface area contributed by atoms with Crippen LogP contribution in [-0.4, -0.2) is 40.6 Å². The van der Waals surface area contributed by atoms with Gasteiger partial charge < -0.3 is 14.0 Å². The molecule has 0 aromatic rings. The summed E-state index contributed by atoms with van der Waals surface area (Å²) < 4.78 is 14.6. The molecule has 0 heterocycles. The molecule has 3 nitrogen and oxygen atoms in total. The Bertz CT molecular complexity index is 943. The lowest BCUT2D eigenvalue weighted by molar-refractivity contribution is -0.134. The zero-order valence-corrected chi connectivity index (χ0v) is 30.7. The predicted molar refractivity (Wildman–Crippen MR) is 176 cm³/mol. The van der Waals surface area contributed by atoms with E-state index >= 15 is 0 Å². The smallest absolute Gasteiger partial charge is 0.192 e. The second-order valence-corrected chi connectivity index (χ2v) is 27.7. The van der Waals surface area contributed by atoms with E-state index in [-0.39, 0.29) is 10.1 Å². The van der Waals surface area contributed by atoms with Gasteiger partial charge in [0.1, 0.15) is 0 Å². The maximum absolute atomic E-state index is 9.74. The van der Waals surface area contributed by atoms with E-state index in [0.717, 1.165) is 12.3 Å². The molecular weight excluding hydrogens is 525 g/mol. The molecule has 0 aliphatic heterocycles. The van der Waals surface area contributed by atoms with E-state index in [1.54, 1.807) is 5.57 Å². The fourth-order valence-corrected chi connectivity index (χ4v) is 12.0. The van der Waals surface area contributed by atoms with Gasteiger partial charge in [0.15, 0.2) is 16.6 Å². The first kappa shape index (κ1) is 33.0. The van der Waals surface area contributed by atoms with Gasteiger partial charge in [-0.2, -0.15) is 0 Å². The summed E-state index contributed by atoms with van der Waals surface area (Å²) >= 11 is 0. The van der Waals surface area contributed by atoms with Crippen LogP contribution in [0.25, 0.3) is 0 Å². The molecule has 0 saturated heterocycles. The highest BCUT2D eigenvalue weighted by molar-refractivity contribution is 6.74. The summed E-state index contributed by atoms with van der Waals surface area (Å²) in [6.07, 6.45) is 13.1. The fraction of sp³-hybridized carbons (Fsp3) is 0.943. The molecule has 5 heteroatoms. The maximum Gasteiger partial charge on any atom is 0.192 e. The van der Waals surface area contributed by atoms with Gasteiger partial charge in [-0.3, -0.25) is 0 Å². The van der Waals surface area contributed by atoms with E-state index in [2.05, 4.69) is 94.6 Å². The van der Waals surface area contributed by atoms with Crippen molar-refractivity contribution in [2.75, 3.05) is 6.61 Å². The van der Waals surface area contributed by atoms with Crippen LogP contribution in [0.3, 0.4) is 0 Å². The van der Waals surface area contributed by atoms with Crippen molar-refractivity contribution >= 4 is 16.6 Å². The molecule has 0 bridgehead atoms. The molecule has 0 radical (unpaired) electrons. The van der Waals surface area contributed by atoms with E-state index in [1.165, 1.54) is 44.9 Å². The Kier molecular flexibility index (Phi) is 8.97. The number of rotatable bonds is 7. The van der Waals surface area contributed by atoms with Crippen LogP contribution in [-0.2, 0) is 8.85 Å². The third-order valence-corrected chi connectivity index (χ3v) is 22.9. The molecule has 3 fully saturated rings. The quantitative estimate of drug-likeness (QED) is 0.237. The first-order valence-corrected chi connectivity index (χ1v) is 22.7. The Balaban J connectivity index is 1.67. The van der Waals surface area contributed by atoms with Crippen molar-refractivity contribution in [3.63, 3.8) is 0 Å². The third-order valence-electron chi connectivity index (χ3n) is 13.9. The summed E-state index contributed by atoms with van der Waals surface area (Å²) in [6, 6.07) is 0. The zero-order chi connectivity index (χ0) is 30.1. The van der Waals surface area contributed by atoms with Gasteiger partial charge in [-0.15, -0.1) is 0 Å². The number of aliphatic hydroxyl groups excluding tert-OH is 1. The Labute approximate surface area is 250 Å². The van der Waals surface area contributed by atoms with Crippen LogP contribution in [0.1, 0.15) is 114 Å². The summed E-state index contributed by atoms with van der Waals surface area (Å²) in [6.45, 7) is 32.1. The second kappa shape index (κ2) is 10.9. The van der Waals surface area contributed by atoms with Crippen molar-refractivity contribution in [2.45, 2.75) is 162 Å². The predicted octanol–water partition coefficient (Wildman–Crippen LogP) is 9.97. The minimum atomic E-state index is -1.93. The molecule has 0 amide bonds.